The maximum atomic E-state index is 5.51. The minimum Gasteiger partial charge on any atom is -0.375 e. The van der Waals surface area contributed by atoms with Crippen LogP contribution in [-0.4, -0.2) is 16.5 Å². The Bertz CT molecular complexity index is 223. The molecule has 0 fully saturated rings. The van der Waals surface area contributed by atoms with Crippen molar-refractivity contribution in [3.8, 4) is 0 Å². The third-order valence-electron chi connectivity index (χ3n) is 1.49. The Hall–Kier alpha value is -0.220. The average molecular weight is 202 g/mol. The molecule has 0 saturated carbocycles. The first-order chi connectivity index (χ1) is 5.83. The molecule has 1 aromatic heterocycles. The second-order valence-corrected chi connectivity index (χ2v) is 5.01. The SMILES string of the molecule is CCSCCCc1cnc(N)s1. The highest BCUT2D eigenvalue weighted by molar-refractivity contribution is 7.99. The third kappa shape index (κ3) is 3.45. The lowest BCUT2D eigenvalue weighted by atomic mass is 10.3. The van der Waals surface area contributed by atoms with Gasteiger partial charge < -0.3 is 5.73 Å². The zero-order valence-electron chi connectivity index (χ0n) is 7.25. The van der Waals surface area contributed by atoms with Gasteiger partial charge in [-0.2, -0.15) is 11.8 Å². The molecule has 0 aliphatic rings. The Morgan fingerprint density at radius 2 is 2.50 bits per heavy atom. The summed E-state index contributed by atoms with van der Waals surface area (Å²) in [5.74, 6) is 2.46. The summed E-state index contributed by atoms with van der Waals surface area (Å²) in [5.41, 5.74) is 5.51. The first kappa shape index (κ1) is 9.86. The quantitative estimate of drug-likeness (QED) is 0.745. The van der Waals surface area contributed by atoms with Gasteiger partial charge in [-0.1, -0.05) is 6.92 Å². The molecule has 0 amide bonds. The molecule has 0 spiro atoms. The van der Waals surface area contributed by atoms with Crippen molar-refractivity contribution in [3.63, 3.8) is 0 Å². The molecule has 4 heteroatoms. The van der Waals surface area contributed by atoms with E-state index in [1.54, 1.807) is 11.3 Å². The molecular formula is C8H14N2S2. The van der Waals surface area contributed by atoms with E-state index < -0.39 is 0 Å². The molecular weight excluding hydrogens is 188 g/mol. The van der Waals surface area contributed by atoms with Crippen LogP contribution in [0.15, 0.2) is 6.20 Å². The summed E-state index contributed by atoms with van der Waals surface area (Å²) in [7, 11) is 0. The van der Waals surface area contributed by atoms with E-state index in [-0.39, 0.29) is 0 Å². The van der Waals surface area contributed by atoms with Gasteiger partial charge >= 0.3 is 0 Å². The number of hydrogen-bond donors (Lipinski definition) is 1. The van der Waals surface area contributed by atoms with Gasteiger partial charge in [-0.25, -0.2) is 4.98 Å². The fourth-order valence-electron chi connectivity index (χ4n) is 0.931. The van der Waals surface area contributed by atoms with Crippen molar-refractivity contribution in [1.29, 1.82) is 0 Å². The van der Waals surface area contributed by atoms with E-state index >= 15 is 0 Å². The molecule has 2 N–H and O–H groups in total. The zero-order chi connectivity index (χ0) is 8.81. The Morgan fingerprint density at radius 1 is 1.67 bits per heavy atom. The lowest BCUT2D eigenvalue weighted by molar-refractivity contribution is 0.948. The number of nitrogens with zero attached hydrogens (tertiary/aromatic N) is 1. The molecule has 1 aromatic rings. The van der Waals surface area contributed by atoms with E-state index in [1.807, 2.05) is 18.0 Å². The summed E-state index contributed by atoms with van der Waals surface area (Å²) < 4.78 is 0. The zero-order valence-corrected chi connectivity index (χ0v) is 8.88. The van der Waals surface area contributed by atoms with Crippen LogP contribution in [0.2, 0.25) is 0 Å². The first-order valence-corrected chi connectivity index (χ1v) is 6.08. The predicted molar refractivity (Wildman–Crippen MR) is 57.8 cm³/mol. The second kappa shape index (κ2) is 5.43. The topological polar surface area (TPSA) is 38.9 Å². The standard InChI is InChI=1S/C8H14N2S2/c1-2-11-5-3-4-7-6-10-8(9)12-7/h6H,2-5H2,1H3,(H2,9,10). The summed E-state index contributed by atoms with van der Waals surface area (Å²) >= 11 is 3.59. The largest absolute Gasteiger partial charge is 0.375 e. The molecule has 2 nitrogen and oxygen atoms in total. The van der Waals surface area contributed by atoms with Crippen molar-refractivity contribution < 1.29 is 0 Å². The molecule has 0 atom stereocenters. The van der Waals surface area contributed by atoms with E-state index in [1.165, 1.54) is 22.8 Å². The molecule has 1 rings (SSSR count). The molecule has 0 saturated heterocycles. The number of nitrogens with two attached hydrogens (primary N) is 1. The number of aryl methyl sites for hydroxylation is 1. The third-order valence-corrected chi connectivity index (χ3v) is 3.36. The van der Waals surface area contributed by atoms with Crippen LogP contribution in [0, 0.1) is 0 Å². The minimum absolute atomic E-state index is 0.688. The molecule has 68 valence electrons. The second-order valence-electron chi connectivity index (χ2n) is 2.47. The van der Waals surface area contributed by atoms with E-state index in [4.69, 9.17) is 5.73 Å². The fourth-order valence-corrected chi connectivity index (χ4v) is 2.29. The van der Waals surface area contributed by atoms with E-state index in [0.29, 0.717) is 5.13 Å². The Balaban J connectivity index is 2.15. The lowest BCUT2D eigenvalue weighted by Gasteiger charge is -1.95. The van der Waals surface area contributed by atoms with Crippen LogP contribution in [0.3, 0.4) is 0 Å². The van der Waals surface area contributed by atoms with Crippen molar-refractivity contribution in [3.05, 3.63) is 11.1 Å². The van der Waals surface area contributed by atoms with Crippen LogP contribution >= 0.6 is 23.1 Å². The van der Waals surface area contributed by atoms with E-state index in [0.717, 1.165) is 6.42 Å². The highest BCUT2D eigenvalue weighted by atomic mass is 32.2. The number of hydrogen-bond acceptors (Lipinski definition) is 4. The summed E-state index contributed by atoms with van der Waals surface area (Å²) in [6.45, 7) is 2.19. The normalized spacial score (nSPS) is 10.4. The van der Waals surface area contributed by atoms with Crippen molar-refractivity contribution in [1.82, 2.24) is 4.98 Å². The Labute approximate surface area is 81.6 Å². The van der Waals surface area contributed by atoms with Gasteiger partial charge in [0.05, 0.1) is 0 Å². The van der Waals surface area contributed by atoms with E-state index in [9.17, 15) is 0 Å². The van der Waals surface area contributed by atoms with Crippen molar-refractivity contribution in [2.45, 2.75) is 19.8 Å². The number of anilines is 1. The molecule has 1 heterocycles. The molecule has 0 aliphatic heterocycles. The van der Waals surface area contributed by atoms with Crippen LogP contribution in [0.5, 0.6) is 0 Å². The predicted octanol–water partition coefficient (Wildman–Crippen LogP) is 2.41. The lowest BCUT2D eigenvalue weighted by Crippen LogP contribution is -1.84. The van der Waals surface area contributed by atoms with Gasteiger partial charge in [-0.05, 0) is 24.3 Å². The van der Waals surface area contributed by atoms with Crippen molar-refractivity contribution in [2.75, 3.05) is 17.2 Å². The van der Waals surface area contributed by atoms with Crippen LogP contribution in [0.4, 0.5) is 5.13 Å². The average Bonchev–Trinajstić information content (AvgIpc) is 2.45. The number of thioether (sulfide) groups is 1. The smallest absolute Gasteiger partial charge is 0.180 e. The summed E-state index contributed by atoms with van der Waals surface area (Å²) in [6, 6.07) is 0. The van der Waals surface area contributed by atoms with Crippen molar-refractivity contribution >= 4 is 28.2 Å². The number of thiazole rings is 1. The molecule has 0 unspecified atom stereocenters. The highest BCUT2D eigenvalue weighted by Crippen LogP contribution is 2.16. The number of nitrogen functional groups attached to an aromatic ring is 1. The summed E-state index contributed by atoms with van der Waals surface area (Å²) in [6.07, 6.45) is 4.25. The van der Waals surface area contributed by atoms with Crippen LogP contribution in [0.1, 0.15) is 18.2 Å². The van der Waals surface area contributed by atoms with Gasteiger partial charge in [-0.15, -0.1) is 11.3 Å². The van der Waals surface area contributed by atoms with Crippen molar-refractivity contribution in [2.24, 2.45) is 0 Å². The number of rotatable bonds is 5. The highest BCUT2D eigenvalue weighted by Gasteiger charge is 1.97. The Morgan fingerprint density at radius 3 is 3.08 bits per heavy atom. The van der Waals surface area contributed by atoms with Crippen LogP contribution in [0.25, 0.3) is 0 Å². The molecule has 12 heavy (non-hydrogen) atoms. The van der Waals surface area contributed by atoms with Gasteiger partial charge in [0.15, 0.2) is 5.13 Å². The summed E-state index contributed by atoms with van der Waals surface area (Å²) in [5, 5.41) is 0.688. The molecule has 0 bridgehead atoms. The first-order valence-electron chi connectivity index (χ1n) is 4.11. The summed E-state index contributed by atoms with van der Waals surface area (Å²) in [4.78, 5) is 5.31. The maximum Gasteiger partial charge on any atom is 0.180 e. The number of aromatic nitrogens is 1. The van der Waals surface area contributed by atoms with Gasteiger partial charge in [0, 0.05) is 11.1 Å². The van der Waals surface area contributed by atoms with Crippen LogP contribution < -0.4 is 5.73 Å². The maximum absolute atomic E-state index is 5.51. The van der Waals surface area contributed by atoms with E-state index in [2.05, 4.69) is 11.9 Å². The molecule has 0 radical (unpaired) electrons. The van der Waals surface area contributed by atoms with Gasteiger partial charge in [-0.3, -0.25) is 0 Å². The Kier molecular flexibility index (Phi) is 4.46. The minimum atomic E-state index is 0.688. The monoisotopic (exact) mass is 202 g/mol. The van der Waals surface area contributed by atoms with Gasteiger partial charge in [0.1, 0.15) is 0 Å². The molecule has 0 aromatic carbocycles. The van der Waals surface area contributed by atoms with Crippen LogP contribution in [-0.2, 0) is 6.42 Å². The molecule has 0 aliphatic carbocycles. The fraction of sp³-hybridized carbons (Fsp3) is 0.625. The van der Waals surface area contributed by atoms with Gasteiger partial charge in [0.25, 0.3) is 0 Å². The van der Waals surface area contributed by atoms with Gasteiger partial charge in [0.2, 0.25) is 0 Å².